The molecular formula is C15H23NO4. The van der Waals surface area contributed by atoms with E-state index in [0.29, 0.717) is 31.2 Å². The van der Waals surface area contributed by atoms with E-state index in [4.69, 9.17) is 14.6 Å². The highest BCUT2D eigenvalue weighted by Crippen LogP contribution is 2.25. The van der Waals surface area contributed by atoms with Crippen molar-refractivity contribution in [2.45, 2.75) is 13.8 Å². The minimum Gasteiger partial charge on any atom is -0.493 e. The molecule has 1 N–H and O–H groups in total. The second kappa shape index (κ2) is 8.43. The van der Waals surface area contributed by atoms with Crippen molar-refractivity contribution >= 4 is 5.97 Å². The Labute approximate surface area is 120 Å². The van der Waals surface area contributed by atoms with Gasteiger partial charge in [-0.15, -0.1) is 0 Å². The Balaban J connectivity index is 2.43. The standard InChI is InChI=1S/C15H23NO4/c1-4-16(11-12(2)15(17)18)9-10-20-14-8-6-5-7-13(14)19-3/h5-8,12H,4,9-11H2,1-3H3,(H,17,18). The summed E-state index contributed by atoms with van der Waals surface area (Å²) in [6, 6.07) is 7.48. The number of likely N-dealkylation sites (N-methyl/N-ethyl adjacent to an activating group) is 1. The fourth-order valence-corrected chi connectivity index (χ4v) is 1.87. The number of carboxylic acids is 1. The lowest BCUT2D eigenvalue weighted by Crippen LogP contribution is -2.34. The molecule has 0 amide bonds. The molecule has 1 aromatic carbocycles. The molecule has 1 rings (SSSR count). The van der Waals surface area contributed by atoms with E-state index in [2.05, 4.69) is 4.90 Å². The quantitative estimate of drug-likeness (QED) is 0.751. The number of carbonyl (C=O) groups is 1. The molecule has 20 heavy (non-hydrogen) atoms. The summed E-state index contributed by atoms with van der Waals surface area (Å²) in [5.74, 6) is 0.266. The molecule has 0 fully saturated rings. The first-order valence-electron chi connectivity index (χ1n) is 6.79. The van der Waals surface area contributed by atoms with Crippen LogP contribution in [0.25, 0.3) is 0 Å². The number of para-hydroxylation sites is 2. The molecule has 0 heterocycles. The number of aliphatic carboxylic acids is 1. The number of carboxylic acid groups (broad SMARTS) is 1. The Hall–Kier alpha value is -1.75. The molecule has 1 unspecified atom stereocenters. The van der Waals surface area contributed by atoms with Crippen molar-refractivity contribution in [2.75, 3.05) is 33.4 Å². The van der Waals surface area contributed by atoms with Gasteiger partial charge >= 0.3 is 5.97 Å². The first-order chi connectivity index (χ1) is 9.58. The number of ether oxygens (including phenoxy) is 2. The van der Waals surface area contributed by atoms with Gasteiger partial charge in [0.05, 0.1) is 13.0 Å². The SMILES string of the molecule is CCN(CCOc1ccccc1OC)CC(C)C(=O)O. The molecule has 0 aliphatic rings. The Kier molecular flexibility index (Phi) is 6.87. The van der Waals surface area contributed by atoms with Crippen LogP contribution in [0.3, 0.4) is 0 Å². The molecule has 5 heteroatoms. The van der Waals surface area contributed by atoms with Crippen LogP contribution in [-0.4, -0.2) is 49.3 Å². The zero-order valence-electron chi connectivity index (χ0n) is 12.3. The average Bonchev–Trinajstić information content (AvgIpc) is 2.46. The van der Waals surface area contributed by atoms with Crippen molar-refractivity contribution in [3.05, 3.63) is 24.3 Å². The van der Waals surface area contributed by atoms with Crippen molar-refractivity contribution in [3.8, 4) is 11.5 Å². The number of hydrogen-bond donors (Lipinski definition) is 1. The number of hydrogen-bond acceptors (Lipinski definition) is 4. The molecule has 112 valence electrons. The maximum Gasteiger partial charge on any atom is 0.307 e. The van der Waals surface area contributed by atoms with Crippen LogP contribution in [0.2, 0.25) is 0 Å². The van der Waals surface area contributed by atoms with Crippen molar-refractivity contribution in [1.82, 2.24) is 4.90 Å². The summed E-state index contributed by atoms with van der Waals surface area (Å²) < 4.78 is 10.9. The van der Waals surface area contributed by atoms with E-state index in [9.17, 15) is 4.79 Å². The normalized spacial score (nSPS) is 12.2. The molecule has 1 atom stereocenters. The molecule has 1 aromatic rings. The fraction of sp³-hybridized carbons (Fsp3) is 0.533. The second-order valence-electron chi connectivity index (χ2n) is 4.63. The van der Waals surface area contributed by atoms with E-state index in [0.717, 1.165) is 6.54 Å². The van der Waals surface area contributed by atoms with Crippen LogP contribution >= 0.6 is 0 Å². The van der Waals surface area contributed by atoms with Crippen LogP contribution in [0.5, 0.6) is 11.5 Å². The Morgan fingerprint density at radius 1 is 1.35 bits per heavy atom. The van der Waals surface area contributed by atoms with Gasteiger partial charge in [-0.2, -0.15) is 0 Å². The predicted molar refractivity (Wildman–Crippen MR) is 77.4 cm³/mol. The lowest BCUT2D eigenvalue weighted by molar-refractivity contribution is -0.141. The summed E-state index contributed by atoms with van der Waals surface area (Å²) in [6.45, 7) is 6.24. The first kappa shape index (κ1) is 16.3. The third-order valence-corrected chi connectivity index (χ3v) is 3.13. The molecular weight excluding hydrogens is 258 g/mol. The van der Waals surface area contributed by atoms with E-state index in [1.165, 1.54) is 0 Å². The summed E-state index contributed by atoms with van der Waals surface area (Å²) in [5, 5.41) is 8.92. The molecule has 0 saturated carbocycles. The zero-order valence-corrected chi connectivity index (χ0v) is 12.3. The molecule has 0 radical (unpaired) electrons. The van der Waals surface area contributed by atoms with Gasteiger partial charge in [0, 0.05) is 13.1 Å². The van der Waals surface area contributed by atoms with Gasteiger partial charge in [-0.3, -0.25) is 9.69 Å². The van der Waals surface area contributed by atoms with E-state index in [1.807, 2.05) is 31.2 Å². The van der Waals surface area contributed by atoms with Crippen molar-refractivity contribution in [1.29, 1.82) is 0 Å². The predicted octanol–water partition coefficient (Wildman–Crippen LogP) is 2.12. The molecule has 0 bridgehead atoms. The molecule has 0 saturated heterocycles. The minimum absolute atomic E-state index is 0.374. The fourth-order valence-electron chi connectivity index (χ4n) is 1.87. The highest BCUT2D eigenvalue weighted by atomic mass is 16.5. The lowest BCUT2D eigenvalue weighted by Gasteiger charge is -2.22. The summed E-state index contributed by atoms with van der Waals surface area (Å²) in [6.07, 6.45) is 0. The van der Waals surface area contributed by atoms with Crippen LogP contribution in [0.15, 0.2) is 24.3 Å². The van der Waals surface area contributed by atoms with Gasteiger partial charge in [0.1, 0.15) is 6.61 Å². The van der Waals surface area contributed by atoms with Gasteiger partial charge in [0.2, 0.25) is 0 Å². The van der Waals surface area contributed by atoms with Crippen molar-refractivity contribution in [2.24, 2.45) is 5.92 Å². The first-order valence-corrected chi connectivity index (χ1v) is 6.79. The van der Waals surface area contributed by atoms with Crippen molar-refractivity contribution in [3.63, 3.8) is 0 Å². The van der Waals surface area contributed by atoms with Crippen LogP contribution < -0.4 is 9.47 Å². The number of methoxy groups -OCH3 is 1. The highest BCUT2D eigenvalue weighted by Gasteiger charge is 2.15. The lowest BCUT2D eigenvalue weighted by atomic mass is 10.2. The van der Waals surface area contributed by atoms with Gasteiger partial charge in [-0.1, -0.05) is 26.0 Å². The molecule has 0 aliphatic heterocycles. The number of nitrogens with zero attached hydrogens (tertiary/aromatic N) is 1. The zero-order chi connectivity index (χ0) is 15.0. The summed E-state index contributed by atoms with van der Waals surface area (Å²) >= 11 is 0. The average molecular weight is 281 g/mol. The Morgan fingerprint density at radius 2 is 2.00 bits per heavy atom. The smallest absolute Gasteiger partial charge is 0.307 e. The summed E-state index contributed by atoms with van der Waals surface area (Å²) in [7, 11) is 1.61. The monoisotopic (exact) mass is 281 g/mol. The summed E-state index contributed by atoms with van der Waals surface area (Å²) in [5.41, 5.74) is 0. The largest absolute Gasteiger partial charge is 0.493 e. The maximum absolute atomic E-state index is 10.9. The van der Waals surface area contributed by atoms with Crippen LogP contribution in [0, 0.1) is 5.92 Å². The van der Waals surface area contributed by atoms with Crippen LogP contribution in [-0.2, 0) is 4.79 Å². The van der Waals surface area contributed by atoms with E-state index >= 15 is 0 Å². The van der Waals surface area contributed by atoms with Gasteiger partial charge in [-0.05, 0) is 18.7 Å². The van der Waals surface area contributed by atoms with Gasteiger partial charge in [-0.25, -0.2) is 0 Å². The van der Waals surface area contributed by atoms with Crippen LogP contribution in [0.1, 0.15) is 13.8 Å². The van der Waals surface area contributed by atoms with E-state index in [-0.39, 0.29) is 5.92 Å². The Bertz CT molecular complexity index is 422. The number of rotatable bonds is 9. The van der Waals surface area contributed by atoms with Crippen molar-refractivity contribution < 1.29 is 19.4 Å². The minimum atomic E-state index is -0.769. The highest BCUT2D eigenvalue weighted by molar-refractivity contribution is 5.69. The van der Waals surface area contributed by atoms with Gasteiger partial charge in [0.25, 0.3) is 0 Å². The molecule has 0 aliphatic carbocycles. The molecule has 0 aromatic heterocycles. The maximum atomic E-state index is 10.9. The van der Waals surface area contributed by atoms with E-state index in [1.54, 1.807) is 14.0 Å². The van der Waals surface area contributed by atoms with Gasteiger partial charge < -0.3 is 14.6 Å². The Morgan fingerprint density at radius 3 is 2.55 bits per heavy atom. The van der Waals surface area contributed by atoms with E-state index < -0.39 is 5.97 Å². The van der Waals surface area contributed by atoms with Crippen LogP contribution in [0.4, 0.5) is 0 Å². The third kappa shape index (κ3) is 5.09. The summed E-state index contributed by atoms with van der Waals surface area (Å²) in [4.78, 5) is 12.9. The number of benzene rings is 1. The molecule has 0 spiro atoms. The molecule has 5 nitrogen and oxygen atoms in total. The second-order valence-corrected chi connectivity index (χ2v) is 4.63. The van der Waals surface area contributed by atoms with Gasteiger partial charge in [0.15, 0.2) is 11.5 Å². The third-order valence-electron chi connectivity index (χ3n) is 3.13. The topological polar surface area (TPSA) is 59.0 Å².